The topological polar surface area (TPSA) is 72.6 Å². The Morgan fingerprint density at radius 1 is 1.47 bits per heavy atom. The molecule has 5 heteroatoms. The van der Waals surface area contributed by atoms with E-state index < -0.39 is 10.3 Å². The number of rotatable bonds is 5. The number of methoxy groups -OCH3 is 1. The molecule has 0 fully saturated rings. The van der Waals surface area contributed by atoms with Crippen molar-refractivity contribution in [3.05, 3.63) is 33.9 Å². The van der Waals surface area contributed by atoms with Crippen LogP contribution in [-0.4, -0.2) is 23.7 Å². The molecule has 0 aliphatic heterocycles. The second-order valence-electron chi connectivity index (χ2n) is 4.72. The van der Waals surface area contributed by atoms with Gasteiger partial charge in [0.2, 0.25) is 0 Å². The molecule has 0 aliphatic rings. The van der Waals surface area contributed by atoms with E-state index in [1.807, 2.05) is 13.8 Å². The van der Waals surface area contributed by atoms with Gasteiger partial charge < -0.3 is 9.84 Å². The summed E-state index contributed by atoms with van der Waals surface area (Å²) in [6, 6.07) is 4.97. The number of aliphatic hydroxyl groups excluding tert-OH is 1. The maximum Gasteiger partial charge on any atom is 0.314 e. The Bertz CT molecular complexity index is 415. The Hall–Kier alpha value is -1.62. The molecule has 0 unspecified atom stereocenters. The molecular weight excluding hydrogens is 222 g/mol. The van der Waals surface area contributed by atoms with E-state index >= 15 is 0 Å². The van der Waals surface area contributed by atoms with Crippen LogP contribution in [0.4, 0.5) is 5.69 Å². The number of hydrogen-bond donors (Lipinski definition) is 1. The summed E-state index contributed by atoms with van der Waals surface area (Å²) in [6.45, 7) is 3.69. The van der Waals surface area contributed by atoms with Crippen LogP contribution < -0.4 is 4.74 Å². The van der Waals surface area contributed by atoms with Gasteiger partial charge in [-0.3, -0.25) is 10.1 Å². The van der Waals surface area contributed by atoms with Crippen molar-refractivity contribution >= 4 is 5.69 Å². The molecule has 17 heavy (non-hydrogen) atoms. The number of aliphatic hydroxyl groups is 1. The number of benzene rings is 1. The molecule has 1 aromatic carbocycles. The van der Waals surface area contributed by atoms with Crippen molar-refractivity contribution in [1.82, 2.24) is 0 Å². The van der Waals surface area contributed by atoms with Gasteiger partial charge in [0.1, 0.15) is 0 Å². The van der Waals surface area contributed by atoms with E-state index in [1.165, 1.54) is 7.11 Å². The molecule has 1 rings (SSSR count). The lowest BCUT2D eigenvalue weighted by molar-refractivity contribution is -0.386. The molecule has 0 amide bonds. The maximum absolute atomic E-state index is 11.0. The summed E-state index contributed by atoms with van der Waals surface area (Å²) in [5.41, 5.74) is 0.168. The predicted molar refractivity (Wildman–Crippen MR) is 64.2 cm³/mol. The minimum Gasteiger partial charge on any atom is -0.490 e. The first-order valence-corrected chi connectivity index (χ1v) is 5.32. The summed E-state index contributed by atoms with van der Waals surface area (Å²) in [6.07, 6.45) is 0.428. The highest BCUT2D eigenvalue weighted by Gasteiger charge is 2.26. The molecule has 1 N–H and O–H groups in total. The third kappa shape index (κ3) is 3.17. The fourth-order valence-corrected chi connectivity index (χ4v) is 1.65. The van der Waals surface area contributed by atoms with E-state index in [9.17, 15) is 15.2 Å². The molecule has 5 nitrogen and oxygen atoms in total. The van der Waals surface area contributed by atoms with Crippen LogP contribution >= 0.6 is 0 Å². The van der Waals surface area contributed by atoms with E-state index in [2.05, 4.69) is 0 Å². The highest BCUT2D eigenvalue weighted by Crippen LogP contribution is 2.34. The van der Waals surface area contributed by atoms with Crippen LogP contribution in [0, 0.1) is 15.5 Å². The molecule has 0 radical (unpaired) electrons. The van der Waals surface area contributed by atoms with Crippen molar-refractivity contribution in [3.8, 4) is 5.75 Å². The van der Waals surface area contributed by atoms with Crippen LogP contribution in [0.5, 0.6) is 5.75 Å². The molecule has 1 aromatic rings. The second-order valence-corrected chi connectivity index (χ2v) is 4.72. The zero-order chi connectivity index (χ0) is 13.1. The van der Waals surface area contributed by atoms with Gasteiger partial charge in [-0.1, -0.05) is 26.0 Å². The zero-order valence-electron chi connectivity index (χ0n) is 10.3. The molecular formula is C12H17NO4. The van der Waals surface area contributed by atoms with Gasteiger partial charge in [-0.05, 0) is 17.9 Å². The van der Waals surface area contributed by atoms with Crippen molar-refractivity contribution in [2.45, 2.75) is 20.3 Å². The first-order valence-electron chi connectivity index (χ1n) is 5.32. The van der Waals surface area contributed by atoms with Crippen molar-refractivity contribution in [1.29, 1.82) is 0 Å². The number of nitro benzene ring substituents is 1. The Kier molecular flexibility index (Phi) is 4.07. The van der Waals surface area contributed by atoms with Crippen LogP contribution in [0.3, 0.4) is 0 Å². The Balaban J connectivity index is 3.19. The SMILES string of the molecule is COc1cccc(CC(C)(C)CO)c1[N+](=O)[O-]. The van der Waals surface area contributed by atoms with Gasteiger partial charge in [0.25, 0.3) is 0 Å². The lowest BCUT2D eigenvalue weighted by Crippen LogP contribution is -2.20. The van der Waals surface area contributed by atoms with Gasteiger partial charge in [-0.25, -0.2) is 0 Å². The average molecular weight is 239 g/mol. The fraction of sp³-hybridized carbons (Fsp3) is 0.500. The van der Waals surface area contributed by atoms with Gasteiger partial charge >= 0.3 is 5.69 Å². The largest absolute Gasteiger partial charge is 0.490 e. The number of nitrogens with zero attached hydrogens (tertiary/aromatic N) is 1. The van der Waals surface area contributed by atoms with Crippen molar-refractivity contribution in [2.75, 3.05) is 13.7 Å². The van der Waals surface area contributed by atoms with Gasteiger partial charge in [-0.15, -0.1) is 0 Å². The van der Waals surface area contributed by atoms with E-state index in [1.54, 1.807) is 18.2 Å². The Morgan fingerprint density at radius 3 is 2.59 bits per heavy atom. The molecule has 0 spiro atoms. The lowest BCUT2D eigenvalue weighted by atomic mass is 9.86. The summed E-state index contributed by atoms with van der Waals surface area (Å²) in [5.74, 6) is 0.251. The van der Waals surface area contributed by atoms with Gasteiger partial charge in [0.15, 0.2) is 5.75 Å². The van der Waals surface area contributed by atoms with Crippen LogP contribution in [-0.2, 0) is 6.42 Å². The number of nitro groups is 1. The summed E-state index contributed by atoms with van der Waals surface area (Å²) < 4.78 is 4.99. The minimum atomic E-state index is -0.443. The maximum atomic E-state index is 11.0. The molecule has 0 aromatic heterocycles. The number of ether oxygens (including phenoxy) is 1. The van der Waals surface area contributed by atoms with Crippen molar-refractivity contribution in [3.63, 3.8) is 0 Å². The summed E-state index contributed by atoms with van der Waals surface area (Å²) in [5, 5.41) is 20.2. The average Bonchev–Trinajstić information content (AvgIpc) is 2.27. The predicted octanol–water partition coefficient (Wildman–Crippen LogP) is 2.16. The summed E-state index contributed by atoms with van der Waals surface area (Å²) >= 11 is 0. The second kappa shape index (κ2) is 5.14. The first kappa shape index (κ1) is 13.4. The molecule has 0 saturated heterocycles. The van der Waals surface area contributed by atoms with Crippen LogP contribution in [0.15, 0.2) is 18.2 Å². The zero-order valence-corrected chi connectivity index (χ0v) is 10.3. The molecule has 0 heterocycles. The van der Waals surface area contributed by atoms with E-state index in [0.717, 1.165) is 0 Å². The quantitative estimate of drug-likeness (QED) is 0.631. The standard InChI is InChI=1S/C12H17NO4/c1-12(2,8-14)7-9-5-4-6-10(17-3)11(9)13(15)16/h4-6,14H,7-8H2,1-3H3. The van der Waals surface area contributed by atoms with E-state index in [4.69, 9.17) is 4.74 Å². The van der Waals surface area contributed by atoms with Crippen LogP contribution in [0.1, 0.15) is 19.4 Å². The normalized spacial score (nSPS) is 11.3. The molecule has 0 bridgehead atoms. The number of hydrogen-bond acceptors (Lipinski definition) is 4. The van der Waals surface area contributed by atoms with Crippen LogP contribution in [0.2, 0.25) is 0 Å². The molecule has 94 valence electrons. The van der Waals surface area contributed by atoms with Crippen molar-refractivity contribution in [2.24, 2.45) is 5.41 Å². The van der Waals surface area contributed by atoms with E-state index in [0.29, 0.717) is 12.0 Å². The van der Waals surface area contributed by atoms with Gasteiger partial charge in [0.05, 0.1) is 12.0 Å². The fourth-order valence-electron chi connectivity index (χ4n) is 1.65. The molecule has 0 saturated carbocycles. The first-order chi connectivity index (χ1) is 7.91. The Morgan fingerprint density at radius 2 is 2.12 bits per heavy atom. The van der Waals surface area contributed by atoms with Crippen LogP contribution in [0.25, 0.3) is 0 Å². The highest BCUT2D eigenvalue weighted by atomic mass is 16.6. The van der Waals surface area contributed by atoms with Gasteiger partial charge in [0, 0.05) is 12.2 Å². The molecule has 0 atom stereocenters. The third-order valence-corrected chi connectivity index (χ3v) is 2.58. The van der Waals surface area contributed by atoms with Gasteiger partial charge in [-0.2, -0.15) is 0 Å². The number of para-hydroxylation sites is 1. The summed E-state index contributed by atoms with van der Waals surface area (Å²) in [4.78, 5) is 10.6. The summed E-state index contributed by atoms with van der Waals surface area (Å²) in [7, 11) is 1.41. The monoisotopic (exact) mass is 239 g/mol. The van der Waals surface area contributed by atoms with Crippen molar-refractivity contribution < 1.29 is 14.8 Å². The smallest absolute Gasteiger partial charge is 0.314 e. The minimum absolute atomic E-state index is 0.0171. The molecule has 0 aliphatic carbocycles. The lowest BCUT2D eigenvalue weighted by Gasteiger charge is -2.21. The highest BCUT2D eigenvalue weighted by molar-refractivity contribution is 5.53. The van der Waals surface area contributed by atoms with E-state index in [-0.39, 0.29) is 18.0 Å². The Labute approximate surface area is 100 Å². The third-order valence-electron chi connectivity index (χ3n) is 2.58.